The fourth-order valence-corrected chi connectivity index (χ4v) is 4.93. The molecule has 4 rings (SSSR count). The first-order chi connectivity index (χ1) is 14.5. The molecule has 1 aromatic carbocycles. The van der Waals surface area contributed by atoms with E-state index in [4.69, 9.17) is 11.6 Å². The monoisotopic (exact) mass is 431 g/mol. The molecule has 8 heteroatoms. The normalized spacial score (nSPS) is 18.7. The van der Waals surface area contributed by atoms with Gasteiger partial charge in [-0.1, -0.05) is 42.6 Å². The summed E-state index contributed by atoms with van der Waals surface area (Å²) in [6.07, 6.45) is 6.36. The van der Waals surface area contributed by atoms with Crippen molar-refractivity contribution in [3.63, 3.8) is 0 Å². The number of nitrogens with one attached hydrogen (secondary N) is 1. The molecule has 0 radical (unpaired) electrons. The fraction of sp³-hybridized carbons (Fsp3) is 0.591. The smallest absolute Gasteiger partial charge is 0.345 e. The third kappa shape index (κ3) is 4.62. The van der Waals surface area contributed by atoms with E-state index in [-0.39, 0.29) is 17.5 Å². The maximum atomic E-state index is 12.6. The van der Waals surface area contributed by atoms with Gasteiger partial charge >= 0.3 is 5.69 Å². The van der Waals surface area contributed by atoms with Gasteiger partial charge in [-0.2, -0.15) is 5.10 Å². The van der Waals surface area contributed by atoms with Crippen molar-refractivity contribution in [3.8, 4) is 0 Å². The first kappa shape index (κ1) is 21.1. The lowest BCUT2D eigenvalue weighted by molar-refractivity contribution is -0.122. The Morgan fingerprint density at radius 3 is 2.57 bits per heavy atom. The number of aryl methyl sites for hydroxylation is 1. The van der Waals surface area contributed by atoms with Gasteiger partial charge in [-0.15, -0.1) is 0 Å². The van der Waals surface area contributed by atoms with Crippen LogP contribution in [0.3, 0.4) is 0 Å². The summed E-state index contributed by atoms with van der Waals surface area (Å²) in [5.74, 6) is 1.23. The van der Waals surface area contributed by atoms with Gasteiger partial charge in [0.25, 0.3) is 0 Å². The topological polar surface area (TPSA) is 72.2 Å². The fourth-order valence-electron chi connectivity index (χ4n) is 4.73. The highest BCUT2D eigenvalue weighted by Crippen LogP contribution is 2.33. The Kier molecular flexibility index (Phi) is 6.58. The number of amides is 1. The van der Waals surface area contributed by atoms with Crippen LogP contribution in [0.5, 0.6) is 0 Å². The summed E-state index contributed by atoms with van der Waals surface area (Å²) in [4.78, 5) is 27.2. The van der Waals surface area contributed by atoms with Gasteiger partial charge in [-0.05, 0) is 50.4 Å². The van der Waals surface area contributed by atoms with Crippen LogP contribution < -0.4 is 11.0 Å². The highest BCUT2D eigenvalue weighted by molar-refractivity contribution is 6.31. The largest absolute Gasteiger partial charge is 0.351 e. The molecule has 2 aliphatic rings. The SMILES string of the molecule is Cn1nc(C2CCN(CC(=O)NCc3ccccc3Cl)CC2)n(C2CCCC2)c1=O. The molecule has 0 unspecified atom stereocenters. The Balaban J connectivity index is 1.31. The van der Waals surface area contributed by atoms with Crippen molar-refractivity contribution in [2.45, 2.75) is 57.0 Å². The second-order valence-electron chi connectivity index (χ2n) is 8.49. The average molecular weight is 432 g/mol. The number of carbonyl (C=O) groups excluding carboxylic acids is 1. The molecular weight excluding hydrogens is 402 g/mol. The van der Waals surface area contributed by atoms with Gasteiger partial charge in [0, 0.05) is 30.6 Å². The number of likely N-dealkylation sites (tertiary alicyclic amines) is 1. The molecule has 162 valence electrons. The highest BCUT2D eigenvalue weighted by atomic mass is 35.5. The molecule has 2 heterocycles. The summed E-state index contributed by atoms with van der Waals surface area (Å²) in [5, 5.41) is 8.22. The quantitative estimate of drug-likeness (QED) is 0.763. The minimum absolute atomic E-state index is 0.00840. The summed E-state index contributed by atoms with van der Waals surface area (Å²) in [7, 11) is 1.75. The first-order valence-electron chi connectivity index (χ1n) is 10.9. The van der Waals surface area contributed by atoms with Crippen LogP contribution in [0.1, 0.15) is 61.9 Å². The molecule has 0 spiro atoms. The summed E-state index contributed by atoms with van der Waals surface area (Å²) >= 11 is 6.15. The predicted octanol–water partition coefficient (Wildman–Crippen LogP) is 2.85. The minimum Gasteiger partial charge on any atom is -0.351 e. The van der Waals surface area contributed by atoms with Crippen molar-refractivity contribution in [2.75, 3.05) is 19.6 Å². The Hall–Kier alpha value is -2.12. The van der Waals surface area contributed by atoms with Crippen molar-refractivity contribution in [1.82, 2.24) is 24.6 Å². The predicted molar refractivity (Wildman–Crippen MR) is 117 cm³/mol. The van der Waals surface area contributed by atoms with E-state index in [0.717, 1.165) is 50.2 Å². The van der Waals surface area contributed by atoms with Crippen LogP contribution in [0.25, 0.3) is 0 Å². The zero-order valence-corrected chi connectivity index (χ0v) is 18.3. The Labute approximate surface area is 182 Å². The van der Waals surface area contributed by atoms with Crippen molar-refractivity contribution < 1.29 is 4.79 Å². The molecule has 1 N–H and O–H groups in total. The standard InChI is InChI=1S/C22H30ClN5O2/c1-26-22(30)28(18-7-3-4-8-18)21(25-26)16-10-12-27(13-11-16)15-20(29)24-14-17-6-2-5-9-19(17)23/h2,5-6,9,16,18H,3-4,7-8,10-15H2,1H3,(H,24,29). The molecular formula is C22H30ClN5O2. The molecule has 1 saturated carbocycles. The van der Waals surface area contributed by atoms with Crippen LogP contribution in [0.15, 0.2) is 29.1 Å². The summed E-state index contributed by atoms with van der Waals surface area (Å²) in [6.45, 7) is 2.49. The maximum absolute atomic E-state index is 12.6. The number of nitrogens with zero attached hydrogens (tertiary/aromatic N) is 4. The lowest BCUT2D eigenvalue weighted by atomic mass is 9.95. The lowest BCUT2D eigenvalue weighted by Gasteiger charge is -2.31. The molecule has 2 aromatic rings. The number of benzene rings is 1. The molecule has 30 heavy (non-hydrogen) atoms. The number of rotatable bonds is 6. The first-order valence-corrected chi connectivity index (χ1v) is 11.3. The van der Waals surface area contributed by atoms with Crippen LogP contribution in [0, 0.1) is 0 Å². The van der Waals surface area contributed by atoms with E-state index in [2.05, 4.69) is 15.3 Å². The van der Waals surface area contributed by atoms with Gasteiger partial charge in [0.2, 0.25) is 5.91 Å². The third-order valence-corrected chi connectivity index (χ3v) is 6.79. The summed E-state index contributed by atoms with van der Waals surface area (Å²) in [6, 6.07) is 7.85. The minimum atomic E-state index is 0.00840. The van der Waals surface area contributed by atoms with Crippen LogP contribution in [0.2, 0.25) is 5.02 Å². The van der Waals surface area contributed by atoms with E-state index in [9.17, 15) is 9.59 Å². The van der Waals surface area contributed by atoms with E-state index in [1.165, 1.54) is 17.5 Å². The second-order valence-corrected chi connectivity index (χ2v) is 8.90. The zero-order chi connectivity index (χ0) is 21.1. The third-order valence-electron chi connectivity index (χ3n) is 6.43. The number of halogens is 1. The van der Waals surface area contributed by atoms with Crippen molar-refractivity contribution >= 4 is 17.5 Å². The van der Waals surface area contributed by atoms with Crippen LogP contribution in [-0.2, 0) is 18.4 Å². The average Bonchev–Trinajstić information content (AvgIpc) is 3.36. The van der Waals surface area contributed by atoms with E-state index in [0.29, 0.717) is 24.2 Å². The van der Waals surface area contributed by atoms with Crippen molar-refractivity contribution in [1.29, 1.82) is 0 Å². The summed E-state index contributed by atoms with van der Waals surface area (Å²) < 4.78 is 3.45. The number of aromatic nitrogens is 3. The highest BCUT2D eigenvalue weighted by Gasteiger charge is 2.30. The zero-order valence-electron chi connectivity index (χ0n) is 17.5. The number of hydrogen-bond donors (Lipinski definition) is 1. The number of hydrogen-bond acceptors (Lipinski definition) is 4. The molecule has 1 saturated heterocycles. The number of carbonyl (C=O) groups is 1. The Morgan fingerprint density at radius 1 is 1.17 bits per heavy atom. The van der Waals surface area contributed by atoms with E-state index >= 15 is 0 Å². The molecule has 1 aliphatic heterocycles. The molecule has 0 bridgehead atoms. The van der Waals surface area contributed by atoms with Gasteiger partial charge in [0.15, 0.2) is 0 Å². The van der Waals surface area contributed by atoms with Gasteiger partial charge in [-0.25, -0.2) is 9.48 Å². The van der Waals surface area contributed by atoms with E-state index in [1.54, 1.807) is 7.05 Å². The summed E-state index contributed by atoms with van der Waals surface area (Å²) in [5.41, 5.74) is 0.935. The second kappa shape index (κ2) is 9.35. The molecule has 0 atom stereocenters. The van der Waals surface area contributed by atoms with Gasteiger partial charge in [-0.3, -0.25) is 14.3 Å². The van der Waals surface area contributed by atoms with Crippen LogP contribution in [0.4, 0.5) is 0 Å². The van der Waals surface area contributed by atoms with Gasteiger partial charge in [0.05, 0.1) is 6.54 Å². The van der Waals surface area contributed by atoms with Crippen LogP contribution >= 0.6 is 11.6 Å². The maximum Gasteiger partial charge on any atom is 0.345 e. The van der Waals surface area contributed by atoms with E-state index < -0.39 is 0 Å². The Bertz CT molecular complexity index is 939. The molecule has 2 fully saturated rings. The molecule has 1 amide bonds. The lowest BCUT2D eigenvalue weighted by Crippen LogP contribution is -2.41. The molecule has 1 aliphatic carbocycles. The van der Waals surface area contributed by atoms with Crippen LogP contribution in [-0.4, -0.2) is 44.8 Å². The van der Waals surface area contributed by atoms with E-state index in [1.807, 2.05) is 28.8 Å². The van der Waals surface area contributed by atoms with Gasteiger partial charge < -0.3 is 5.32 Å². The molecule has 1 aromatic heterocycles. The van der Waals surface area contributed by atoms with Crippen molar-refractivity contribution in [3.05, 3.63) is 51.2 Å². The number of piperidine rings is 1. The van der Waals surface area contributed by atoms with Gasteiger partial charge in [0.1, 0.15) is 5.82 Å². The van der Waals surface area contributed by atoms with Crippen molar-refractivity contribution in [2.24, 2.45) is 7.05 Å². The molecule has 7 nitrogen and oxygen atoms in total. The Morgan fingerprint density at radius 2 is 1.87 bits per heavy atom.